The van der Waals surface area contributed by atoms with Crippen LogP contribution in [-0.2, 0) is 11.3 Å². The smallest absolute Gasteiger partial charge is 0.340 e. The molecule has 0 aliphatic heterocycles. The molecule has 0 aliphatic carbocycles. The molecule has 2 aromatic rings. The van der Waals surface area contributed by atoms with E-state index in [0.29, 0.717) is 16.5 Å². The van der Waals surface area contributed by atoms with Crippen molar-refractivity contribution in [3.8, 4) is 5.75 Å². The van der Waals surface area contributed by atoms with E-state index in [1.54, 1.807) is 25.3 Å². The van der Waals surface area contributed by atoms with Crippen molar-refractivity contribution in [3.05, 3.63) is 52.3 Å². The molecule has 0 saturated carbocycles. The fraction of sp³-hybridized carbons (Fsp3) is 0.200. The SMILES string of the molecule is COc1cc(C)nc(COC(=O)c2ccc(Cl)cc2N)c1. The van der Waals surface area contributed by atoms with Crippen LogP contribution in [0.4, 0.5) is 5.69 Å². The van der Waals surface area contributed by atoms with Crippen molar-refractivity contribution < 1.29 is 14.3 Å². The quantitative estimate of drug-likeness (QED) is 0.694. The average molecular weight is 307 g/mol. The first-order chi connectivity index (χ1) is 9.99. The normalized spacial score (nSPS) is 10.2. The summed E-state index contributed by atoms with van der Waals surface area (Å²) in [4.78, 5) is 16.3. The van der Waals surface area contributed by atoms with Crippen LogP contribution >= 0.6 is 11.6 Å². The standard InChI is InChI=1S/C15H15ClN2O3/c1-9-5-12(20-2)7-11(18-9)8-21-15(19)13-4-3-10(16)6-14(13)17/h3-7H,8,17H2,1-2H3. The minimum Gasteiger partial charge on any atom is -0.497 e. The van der Waals surface area contributed by atoms with Crippen molar-refractivity contribution in [3.63, 3.8) is 0 Å². The highest BCUT2D eigenvalue weighted by molar-refractivity contribution is 6.31. The molecule has 1 heterocycles. The Morgan fingerprint density at radius 3 is 2.76 bits per heavy atom. The molecule has 2 rings (SSSR count). The Hall–Kier alpha value is -2.27. The molecule has 2 N–H and O–H groups in total. The van der Waals surface area contributed by atoms with Crippen LogP contribution in [0.1, 0.15) is 21.7 Å². The van der Waals surface area contributed by atoms with Gasteiger partial charge in [0.05, 0.1) is 18.4 Å². The third-order valence-electron chi connectivity index (χ3n) is 2.80. The van der Waals surface area contributed by atoms with Gasteiger partial charge in [-0.1, -0.05) is 11.6 Å². The molecule has 1 aromatic carbocycles. The monoisotopic (exact) mass is 306 g/mol. The highest BCUT2D eigenvalue weighted by Gasteiger charge is 2.12. The fourth-order valence-electron chi connectivity index (χ4n) is 1.83. The third-order valence-corrected chi connectivity index (χ3v) is 3.04. The van der Waals surface area contributed by atoms with Gasteiger partial charge in [0, 0.05) is 28.5 Å². The molecule has 21 heavy (non-hydrogen) atoms. The predicted molar refractivity (Wildman–Crippen MR) is 80.5 cm³/mol. The molecule has 0 radical (unpaired) electrons. The number of anilines is 1. The number of methoxy groups -OCH3 is 1. The first-order valence-electron chi connectivity index (χ1n) is 6.23. The molecule has 0 saturated heterocycles. The second-order valence-corrected chi connectivity index (χ2v) is 4.88. The van der Waals surface area contributed by atoms with E-state index >= 15 is 0 Å². The highest BCUT2D eigenvalue weighted by Crippen LogP contribution is 2.20. The van der Waals surface area contributed by atoms with Crippen molar-refractivity contribution in [2.24, 2.45) is 0 Å². The molecule has 0 amide bonds. The Labute approximate surface area is 127 Å². The second-order valence-electron chi connectivity index (χ2n) is 4.45. The zero-order chi connectivity index (χ0) is 15.4. The minimum atomic E-state index is -0.522. The van der Waals surface area contributed by atoms with Crippen molar-refractivity contribution in [1.29, 1.82) is 0 Å². The van der Waals surface area contributed by atoms with E-state index in [1.807, 2.05) is 6.92 Å². The van der Waals surface area contributed by atoms with Gasteiger partial charge < -0.3 is 15.2 Å². The maximum Gasteiger partial charge on any atom is 0.340 e. The lowest BCUT2D eigenvalue weighted by molar-refractivity contribution is 0.0468. The number of hydrogen-bond acceptors (Lipinski definition) is 5. The molecule has 110 valence electrons. The molecule has 5 nitrogen and oxygen atoms in total. The summed E-state index contributed by atoms with van der Waals surface area (Å²) in [6.07, 6.45) is 0. The van der Waals surface area contributed by atoms with Crippen LogP contribution in [0.3, 0.4) is 0 Å². The Morgan fingerprint density at radius 1 is 1.33 bits per heavy atom. The summed E-state index contributed by atoms with van der Waals surface area (Å²) in [6.45, 7) is 1.88. The van der Waals surface area contributed by atoms with Crippen molar-refractivity contribution in [2.45, 2.75) is 13.5 Å². The number of rotatable bonds is 4. The van der Waals surface area contributed by atoms with Gasteiger partial charge in [0.25, 0.3) is 0 Å². The summed E-state index contributed by atoms with van der Waals surface area (Å²) in [7, 11) is 1.57. The van der Waals surface area contributed by atoms with Gasteiger partial charge in [-0.05, 0) is 25.1 Å². The molecule has 0 spiro atoms. The molecule has 0 atom stereocenters. The van der Waals surface area contributed by atoms with Crippen LogP contribution in [0, 0.1) is 6.92 Å². The number of carbonyl (C=O) groups excluding carboxylic acids is 1. The predicted octanol–water partition coefficient (Wildman–Crippen LogP) is 2.99. The van der Waals surface area contributed by atoms with Gasteiger partial charge in [0.2, 0.25) is 0 Å². The number of aromatic nitrogens is 1. The van der Waals surface area contributed by atoms with Crippen LogP contribution in [0.5, 0.6) is 5.75 Å². The van der Waals surface area contributed by atoms with Gasteiger partial charge in [-0.15, -0.1) is 0 Å². The van der Waals surface area contributed by atoms with E-state index in [9.17, 15) is 4.79 Å². The Bertz CT molecular complexity index is 674. The van der Waals surface area contributed by atoms with Crippen molar-refractivity contribution in [2.75, 3.05) is 12.8 Å². The number of nitrogens with zero attached hydrogens (tertiary/aromatic N) is 1. The third kappa shape index (κ3) is 3.86. The van der Waals surface area contributed by atoms with E-state index in [1.165, 1.54) is 12.1 Å². The molecule has 0 fully saturated rings. The molecule has 0 unspecified atom stereocenters. The van der Waals surface area contributed by atoms with E-state index in [0.717, 1.165) is 5.69 Å². The number of hydrogen-bond donors (Lipinski definition) is 1. The first-order valence-corrected chi connectivity index (χ1v) is 6.61. The highest BCUT2D eigenvalue weighted by atomic mass is 35.5. The van der Waals surface area contributed by atoms with E-state index < -0.39 is 5.97 Å². The molecule has 6 heteroatoms. The zero-order valence-corrected chi connectivity index (χ0v) is 12.5. The molecule has 0 aliphatic rings. The summed E-state index contributed by atoms with van der Waals surface area (Å²) in [6, 6.07) is 8.13. The Kier molecular flexibility index (Phi) is 4.65. The number of aryl methyl sites for hydroxylation is 1. The van der Waals surface area contributed by atoms with Gasteiger partial charge in [-0.3, -0.25) is 4.98 Å². The molecule has 1 aromatic heterocycles. The number of halogens is 1. The number of nitrogen functional groups attached to an aromatic ring is 1. The van der Waals surface area contributed by atoms with Crippen LogP contribution in [0.15, 0.2) is 30.3 Å². The summed E-state index contributed by atoms with van der Waals surface area (Å²) >= 11 is 5.79. The summed E-state index contributed by atoms with van der Waals surface area (Å²) in [5.74, 6) is 0.144. The molecular formula is C15H15ClN2O3. The van der Waals surface area contributed by atoms with Crippen molar-refractivity contribution in [1.82, 2.24) is 4.98 Å². The van der Waals surface area contributed by atoms with Gasteiger partial charge in [-0.2, -0.15) is 0 Å². The number of esters is 1. The first kappa shape index (κ1) is 15.1. The zero-order valence-electron chi connectivity index (χ0n) is 11.7. The summed E-state index contributed by atoms with van der Waals surface area (Å²) < 4.78 is 10.4. The lowest BCUT2D eigenvalue weighted by atomic mass is 10.2. The second kappa shape index (κ2) is 6.45. The van der Waals surface area contributed by atoms with Crippen LogP contribution < -0.4 is 10.5 Å². The summed E-state index contributed by atoms with van der Waals surface area (Å²) in [5, 5.41) is 0.467. The summed E-state index contributed by atoms with van der Waals surface area (Å²) in [5.41, 5.74) is 7.68. The molecular weight excluding hydrogens is 292 g/mol. The fourth-order valence-corrected chi connectivity index (χ4v) is 2.01. The van der Waals surface area contributed by atoms with Gasteiger partial charge in [0.1, 0.15) is 12.4 Å². The van der Waals surface area contributed by atoms with Crippen LogP contribution in [0.2, 0.25) is 5.02 Å². The van der Waals surface area contributed by atoms with Gasteiger partial charge in [-0.25, -0.2) is 4.79 Å². The van der Waals surface area contributed by atoms with Crippen molar-refractivity contribution >= 4 is 23.3 Å². The Balaban J connectivity index is 2.09. The maximum atomic E-state index is 12.0. The maximum absolute atomic E-state index is 12.0. The number of pyridine rings is 1. The number of carbonyl (C=O) groups is 1. The number of ether oxygens (including phenoxy) is 2. The molecule has 0 bridgehead atoms. The van der Waals surface area contributed by atoms with Crippen LogP contribution in [-0.4, -0.2) is 18.1 Å². The number of benzene rings is 1. The van der Waals surface area contributed by atoms with E-state index in [4.69, 9.17) is 26.8 Å². The topological polar surface area (TPSA) is 74.4 Å². The lowest BCUT2D eigenvalue weighted by Gasteiger charge is -2.09. The van der Waals surface area contributed by atoms with Crippen LogP contribution in [0.25, 0.3) is 0 Å². The van der Waals surface area contributed by atoms with E-state index in [-0.39, 0.29) is 17.9 Å². The largest absolute Gasteiger partial charge is 0.497 e. The van der Waals surface area contributed by atoms with Gasteiger partial charge in [0.15, 0.2) is 0 Å². The van der Waals surface area contributed by atoms with E-state index in [2.05, 4.69) is 4.98 Å². The average Bonchev–Trinajstić information content (AvgIpc) is 2.44. The lowest BCUT2D eigenvalue weighted by Crippen LogP contribution is -2.09. The van der Waals surface area contributed by atoms with Gasteiger partial charge >= 0.3 is 5.97 Å². The number of nitrogens with two attached hydrogens (primary N) is 1. The minimum absolute atomic E-state index is 0.0406. The Morgan fingerprint density at radius 2 is 2.10 bits per heavy atom.